The molecule has 5 nitrogen and oxygen atoms in total. The second kappa shape index (κ2) is 9.84. The maximum absolute atomic E-state index is 13.0. The Morgan fingerprint density at radius 2 is 1.46 bits per heavy atom. The monoisotopic (exact) mass is 520 g/mol. The third kappa shape index (κ3) is 4.75. The lowest BCUT2D eigenvalue weighted by molar-refractivity contribution is 1.02. The van der Waals surface area contributed by atoms with Crippen molar-refractivity contribution in [3.63, 3.8) is 0 Å². The normalized spacial score (nSPS) is 11.3. The van der Waals surface area contributed by atoms with Crippen molar-refractivity contribution in [2.75, 3.05) is 0 Å². The van der Waals surface area contributed by atoms with Crippen molar-refractivity contribution in [2.24, 2.45) is 0 Å². The Morgan fingerprint density at radius 3 is 2.16 bits per heavy atom. The fourth-order valence-electron chi connectivity index (χ4n) is 4.30. The maximum atomic E-state index is 13.0. The molecule has 2 N–H and O–H groups in total. The van der Waals surface area contributed by atoms with Crippen LogP contribution in [0.5, 0.6) is 0 Å². The summed E-state index contributed by atoms with van der Waals surface area (Å²) in [6, 6.07) is 26.8. The molecule has 37 heavy (non-hydrogen) atoms. The summed E-state index contributed by atoms with van der Waals surface area (Å²) in [5.74, 6) is 1.13. The molecule has 0 spiro atoms. The summed E-state index contributed by atoms with van der Waals surface area (Å²) in [6.07, 6.45) is 0. The first-order chi connectivity index (χ1) is 18.0. The van der Waals surface area contributed by atoms with Crippen molar-refractivity contribution in [3.8, 4) is 33.6 Å². The van der Waals surface area contributed by atoms with Gasteiger partial charge in [-0.25, -0.2) is 9.97 Å². The fraction of sp³-hybridized carbons (Fsp3) is 0.100. The summed E-state index contributed by atoms with van der Waals surface area (Å²) in [5, 5.41) is 3.43. The number of imidazole rings is 1. The van der Waals surface area contributed by atoms with Gasteiger partial charge in [0.2, 0.25) is 0 Å². The first-order valence-electron chi connectivity index (χ1n) is 12.0. The first-order valence-corrected chi connectivity index (χ1v) is 13.8. The van der Waals surface area contributed by atoms with Gasteiger partial charge in [-0.1, -0.05) is 102 Å². The van der Waals surface area contributed by atoms with Crippen molar-refractivity contribution in [3.05, 3.63) is 112 Å². The number of nitrogens with zero attached hydrogens (tertiary/aromatic N) is 2. The van der Waals surface area contributed by atoms with E-state index >= 15 is 0 Å². The van der Waals surface area contributed by atoms with Crippen LogP contribution in [0.1, 0.15) is 17.0 Å². The highest BCUT2D eigenvalue weighted by molar-refractivity contribution is 7.98. The lowest BCUT2D eigenvalue weighted by atomic mass is 10.0. The Balaban J connectivity index is 1.31. The maximum Gasteiger partial charge on any atom is 0.260 e. The molecule has 0 aliphatic heterocycles. The summed E-state index contributed by atoms with van der Waals surface area (Å²) in [6.45, 7) is 4.16. The topological polar surface area (TPSA) is 74.4 Å². The van der Waals surface area contributed by atoms with Gasteiger partial charge < -0.3 is 9.97 Å². The van der Waals surface area contributed by atoms with Crippen LogP contribution in [-0.2, 0) is 5.75 Å². The third-order valence-corrected chi connectivity index (χ3v) is 8.03. The van der Waals surface area contributed by atoms with Crippen LogP contribution in [0.15, 0.2) is 94.2 Å². The second-order valence-electron chi connectivity index (χ2n) is 8.99. The molecule has 0 saturated carbocycles. The van der Waals surface area contributed by atoms with Gasteiger partial charge in [-0.3, -0.25) is 4.79 Å². The molecule has 7 heteroatoms. The van der Waals surface area contributed by atoms with Crippen LogP contribution >= 0.6 is 23.1 Å². The molecule has 182 valence electrons. The van der Waals surface area contributed by atoms with Gasteiger partial charge in [0.25, 0.3) is 5.56 Å². The predicted molar refractivity (Wildman–Crippen MR) is 154 cm³/mol. The van der Waals surface area contributed by atoms with E-state index in [-0.39, 0.29) is 5.56 Å². The summed E-state index contributed by atoms with van der Waals surface area (Å²) in [7, 11) is 0. The number of hydrogen-bond donors (Lipinski definition) is 2. The Hall–Kier alpha value is -3.94. The van der Waals surface area contributed by atoms with Gasteiger partial charge in [-0.05, 0) is 19.4 Å². The van der Waals surface area contributed by atoms with Gasteiger partial charge in [-0.2, -0.15) is 0 Å². The van der Waals surface area contributed by atoms with E-state index in [1.807, 2.05) is 35.7 Å². The Bertz CT molecular complexity index is 1690. The molecule has 0 aliphatic rings. The van der Waals surface area contributed by atoms with Crippen LogP contribution in [0, 0.1) is 13.8 Å². The SMILES string of the molecule is Cc1ccc(-c2nc(SCc3nc4scc(-c5ccccc5)c4c(=O)[nH]3)[nH]c2-c2ccc(C)cc2)cc1. The number of fused-ring (bicyclic) bond motifs is 1. The van der Waals surface area contributed by atoms with Crippen LogP contribution in [0.3, 0.4) is 0 Å². The highest BCUT2D eigenvalue weighted by Crippen LogP contribution is 2.34. The number of nitrogens with one attached hydrogen (secondary N) is 2. The standard InChI is InChI=1S/C30H24N4OS2/c1-18-8-12-21(13-9-18)26-27(22-14-10-19(2)11-15-22)34-30(33-26)37-17-24-31-28(35)25-23(16-36-29(25)32-24)20-6-4-3-5-7-20/h3-16H,17H2,1-2H3,(H,33,34)(H,31,32,35). The lowest BCUT2D eigenvalue weighted by Crippen LogP contribution is -2.10. The highest BCUT2D eigenvalue weighted by atomic mass is 32.2. The minimum atomic E-state index is -0.110. The molecule has 6 aromatic rings. The molecule has 0 saturated heterocycles. The van der Waals surface area contributed by atoms with Crippen molar-refractivity contribution in [1.29, 1.82) is 0 Å². The summed E-state index contributed by atoms with van der Waals surface area (Å²) < 4.78 is 0. The molecule has 0 amide bonds. The molecular weight excluding hydrogens is 496 g/mol. The van der Waals surface area contributed by atoms with Crippen LogP contribution < -0.4 is 5.56 Å². The van der Waals surface area contributed by atoms with Gasteiger partial charge in [0, 0.05) is 22.1 Å². The van der Waals surface area contributed by atoms with Gasteiger partial charge in [0.15, 0.2) is 5.16 Å². The Labute approximate surface area is 222 Å². The van der Waals surface area contributed by atoms with Crippen LogP contribution in [0.4, 0.5) is 0 Å². The number of aromatic nitrogens is 4. The number of aryl methyl sites for hydroxylation is 2. The van der Waals surface area contributed by atoms with E-state index in [4.69, 9.17) is 9.97 Å². The summed E-state index contributed by atoms with van der Waals surface area (Å²) in [5.41, 5.74) is 8.29. The van der Waals surface area contributed by atoms with Gasteiger partial charge in [0.1, 0.15) is 10.7 Å². The number of aromatic amines is 2. The van der Waals surface area contributed by atoms with E-state index in [1.54, 1.807) is 0 Å². The summed E-state index contributed by atoms with van der Waals surface area (Å²) in [4.78, 5) is 30.0. The second-order valence-corrected chi connectivity index (χ2v) is 10.8. The molecule has 3 aromatic heterocycles. The minimum Gasteiger partial charge on any atom is -0.332 e. The van der Waals surface area contributed by atoms with Crippen molar-refractivity contribution in [1.82, 2.24) is 19.9 Å². The van der Waals surface area contributed by atoms with Crippen molar-refractivity contribution >= 4 is 33.3 Å². The van der Waals surface area contributed by atoms with E-state index in [0.29, 0.717) is 17.0 Å². The smallest absolute Gasteiger partial charge is 0.260 e. The quantitative estimate of drug-likeness (QED) is 0.222. The molecule has 0 atom stereocenters. The van der Waals surface area contributed by atoms with E-state index in [1.165, 1.54) is 34.2 Å². The van der Waals surface area contributed by atoms with E-state index in [0.717, 1.165) is 43.6 Å². The number of hydrogen-bond acceptors (Lipinski definition) is 5. The molecule has 3 heterocycles. The third-order valence-electron chi connectivity index (χ3n) is 6.27. The molecule has 6 rings (SSSR count). The number of thioether (sulfide) groups is 1. The number of thiophene rings is 1. The zero-order valence-corrected chi connectivity index (χ0v) is 22.0. The fourth-order valence-corrected chi connectivity index (χ4v) is 6.01. The van der Waals surface area contributed by atoms with Gasteiger partial charge in [-0.15, -0.1) is 11.3 Å². The molecule has 0 aliphatic carbocycles. The zero-order chi connectivity index (χ0) is 25.4. The molecule has 0 fully saturated rings. The minimum absolute atomic E-state index is 0.110. The summed E-state index contributed by atoms with van der Waals surface area (Å²) >= 11 is 3.03. The van der Waals surface area contributed by atoms with Crippen LogP contribution in [0.2, 0.25) is 0 Å². The Morgan fingerprint density at radius 1 is 0.784 bits per heavy atom. The van der Waals surface area contributed by atoms with E-state index in [9.17, 15) is 4.79 Å². The molecular formula is C30H24N4OS2. The average molecular weight is 521 g/mol. The van der Waals surface area contributed by atoms with Crippen molar-refractivity contribution in [2.45, 2.75) is 24.8 Å². The lowest BCUT2D eigenvalue weighted by Gasteiger charge is -2.04. The predicted octanol–water partition coefficient (Wildman–Crippen LogP) is 7.62. The van der Waals surface area contributed by atoms with Gasteiger partial charge in [0.05, 0.1) is 22.5 Å². The number of H-pyrrole nitrogens is 2. The first kappa shape index (κ1) is 23.5. The Kier molecular flexibility index (Phi) is 6.24. The average Bonchev–Trinajstić information content (AvgIpc) is 3.54. The van der Waals surface area contributed by atoms with E-state index < -0.39 is 0 Å². The molecule has 0 bridgehead atoms. The number of rotatable bonds is 6. The van der Waals surface area contributed by atoms with Gasteiger partial charge >= 0.3 is 0 Å². The van der Waals surface area contributed by atoms with Crippen molar-refractivity contribution < 1.29 is 0 Å². The highest BCUT2D eigenvalue weighted by Gasteiger charge is 2.16. The van der Waals surface area contributed by atoms with E-state index in [2.05, 4.69) is 72.3 Å². The van der Waals surface area contributed by atoms with Crippen LogP contribution in [0.25, 0.3) is 43.9 Å². The number of benzene rings is 3. The van der Waals surface area contributed by atoms with Crippen LogP contribution in [-0.4, -0.2) is 19.9 Å². The molecule has 0 unspecified atom stereocenters. The molecule has 0 radical (unpaired) electrons. The largest absolute Gasteiger partial charge is 0.332 e. The zero-order valence-electron chi connectivity index (χ0n) is 20.4. The molecule has 3 aromatic carbocycles.